The zero-order chi connectivity index (χ0) is 22.6. The standard InChI is InChI=1S/C23H28ClN3O3S2/c24-20-9-4-3-8-18(20)17-27-21-11-10-19(16-22(21)31-23(27)28)32(29,30)25-12-7-15-26-13-5-1-2-6-14-26/h3-4,8-11,16,25H,1-2,5-7,12-15,17H2. The largest absolute Gasteiger partial charge is 0.308 e. The van der Waals surface area contributed by atoms with Crippen LogP contribution in [0.4, 0.5) is 0 Å². The Morgan fingerprint density at radius 1 is 1.03 bits per heavy atom. The van der Waals surface area contributed by atoms with Crippen LogP contribution >= 0.6 is 22.9 Å². The molecule has 0 atom stereocenters. The molecular weight excluding hydrogens is 466 g/mol. The fourth-order valence-corrected chi connectivity index (χ4v) is 6.41. The average Bonchev–Trinajstić information content (AvgIpc) is 2.93. The van der Waals surface area contributed by atoms with Crippen LogP contribution in [0.1, 0.15) is 37.7 Å². The number of likely N-dealkylation sites (tertiary alicyclic amines) is 1. The third kappa shape index (κ3) is 5.61. The summed E-state index contributed by atoms with van der Waals surface area (Å²) in [5.41, 5.74) is 1.55. The van der Waals surface area contributed by atoms with Crippen LogP contribution in [0.25, 0.3) is 10.2 Å². The van der Waals surface area contributed by atoms with E-state index in [0.717, 1.165) is 43.0 Å². The first-order chi connectivity index (χ1) is 15.4. The fourth-order valence-electron chi connectivity index (χ4n) is 4.11. The lowest BCUT2D eigenvalue weighted by Crippen LogP contribution is -2.30. The van der Waals surface area contributed by atoms with E-state index in [1.807, 2.05) is 18.2 Å². The van der Waals surface area contributed by atoms with E-state index in [4.69, 9.17) is 11.6 Å². The van der Waals surface area contributed by atoms with E-state index in [1.54, 1.807) is 28.8 Å². The van der Waals surface area contributed by atoms with Crippen molar-refractivity contribution in [1.29, 1.82) is 0 Å². The summed E-state index contributed by atoms with van der Waals surface area (Å²) in [4.78, 5) is 15.0. The fraction of sp³-hybridized carbons (Fsp3) is 0.435. The monoisotopic (exact) mass is 493 g/mol. The third-order valence-corrected chi connectivity index (χ3v) is 8.65. The Kier molecular flexibility index (Phi) is 7.68. The van der Waals surface area contributed by atoms with E-state index in [1.165, 1.54) is 25.7 Å². The summed E-state index contributed by atoms with van der Waals surface area (Å²) < 4.78 is 30.6. The summed E-state index contributed by atoms with van der Waals surface area (Å²) in [6.45, 7) is 3.87. The third-order valence-electron chi connectivity index (χ3n) is 5.88. The molecule has 6 nitrogen and oxygen atoms in total. The Morgan fingerprint density at radius 2 is 1.78 bits per heavy atom. The predicted octanol–water partition coefficient (Wildman–Crippen LogP) is 4.31. The van der Waals surface area contributed by atoms with Gasteiger partial charge in [0.15, 0.2) is 0 Å². The number of hydrogen-bond acceptors (Lipinski definition) is 5. The van der Waals surface area contributed by atoms with E-state index in [0.29, 0.717) is 28.3 Å². The van der Waals surface area contributed by atoms with Crippen LogP contribution in [0.3, 0.4) is 0 Å². The van der Waals surface area contributed by atoms with Gasteiger partial charge in [-0.3, -0.25) is 9.36 Å². The van der Waals surface area contributed by atoms with Crippen LogP contribution in [0.5, 0.6) is 0 Å². The van der Waals surface area contributed by atoms with Gasteiger partial charge in [0.25, 0.3) is 0 Å². The quantitative estimate of drug-likeness (QED) is 0.475. The van der Waals surface area contributed by atoms with Gasteiger partial charge in [0, 0.05) is 11.6 Å². The number of halogens is 1. The molecule has 32 heavy (non-hydrogen) atoms. The Labute approximate surface area is 197 Å². The molecule has 3 aromatic rings. The molecule has 0 spiro atoms. The molecule has 0 bridgehead atoms. The zero-order valence-electron chi connectivity index (χ0n) is 17.9. The number of fused-ring (bicyclic) bond motifs is 1. The summed E-state index contributed by atoms with van der Waals surface area (Å²) in [7, 11) is -3.63. The summed E-state index contributed by atoms with van der Waals surface area (Å²) in [5.74, 6) is 0. The molecule has 0 unspecified atom stereocenters. The van der Waals surface area contributed by atoms with E-state index in [9.17, 15) is 13.2 Å². The van der Waals surface area contributed by atoms with Gasteiger partial charge in [-0.05, 0) is 68.7 Å². The van der Waals surface area contributed by atoms with E-state index < -0.39 is 10.0 Å². The number of thiazole rings is 1. The maximum absolute atomic E-state index is 12.8. The van der Waals surface area contributed by atoms with Gasteiger partial charge >= 0.3 is 4.87 Å². The van der Waals surface area contributed by atoms with Gasteiger partial charge in [0.2, 0.25) is 10.0 Å². The van der Waals surface area contributed by atoms with Gasteiger partial charge in [-0.1, -0.05) is 54.0 Å². The molecule has 2 heterocycles. The summed E-state index contributed by atoms with van der Waals surface area (Å²) in [6, 6.07) is 12.3. The molecule has 0 radical (unpaired) electrons. The Morgan fingerprint density at radius 3 is 2.53 bits per heavy atom. The molecule has 9 heteroatoms. The van der Waals surface area contributed by atoms with Crippen LogP contribution in [0.15, 0.2) is 52.2 Å². The number of hydrogen-bond donors (Lipinski definition) is 1. The lowest BCUT2D eigenvalue weighted by Gasteiger charge is -2.19. The second-order valence-corrected chi connectivity index (χ2v) is 11.3. The molecule has 0 amide bonds. The second kappa shape index (κ2) is 10.5. The highest BCUT2D eigenvalue weighted by Crippen LogP contribution is 2.24. The minimum absolute atomic E-state index is 0.139. The molecule has 1 N–H and O–H groups in total. The number of aromatic nitrogens is 1. The van der Waals surface area contributed by atoms with Crippen molar-refractivity contribution in [2.45, 2.75) is 43.5 Å². The maximum atomic E-state index is 12.8. The van der Waals surface area contributed by atoms with E-state index in [-0.39, 0.29) is 9.77 Å². The second-order valence-electron chi connectivity index (χ2n) is 8.18. The van der Waals surface area contributed by atoms with Crippen molar-refractivity contribution in [2.24, 2.45) is 0 Å². The molecule has 0 aliphatic carbocycles. The molecule has 1 fully saturated rings. The highest BCUT2D eigenvalue weighted by molar-refractivity contribution is 7.89. The topological polar surface area (TPSA) is 71.4 Å². The summed E-state index contributed by atoms with van der Waals surface area (Å²) >= 11 is 7.29. The van der Waals surface area contributed by atoms with Crippen molar-refractivity contribution in [3.05, 3.63) is 62.7 Å². The van der Waals surface area contributed by atoms with Gasteiger partial charge in [0.1, 0.15) is 0 Å². The SMILES string of the molecule is O=c1sc2cc(S(=O)(=O)NCCCN3CCCCCC3)ccc2n1Cc1ccccc1Cl. The summed E-state index contributed by atoms with van der Waals surface area (Å²) in [6.07, 6.45) is 5.81. The number of rotatable bonds is 8. The van der Waals surface area contributed by atoms with Crippen LogP contribution in [-0.4, -0.2) is 44.1 Å². The normalized spacial score (nSPS) is 15.8. The Hall–Kier alpha value is -1.71. The lowest BCUT2D eigenvalue weighted by molar-refractivity contribution is 0.282. The first-order valence-electron chi connectivity index (χ1n) is 11.0. The van der Waals surface area contributed by atoms with E-state index >= 15 is 0 Å². The minimum Gasteiger partial charge on any atom is -0.303 e. The Balaban J connectivity index is 1.43. The highest BCUT2D eigenvalue weighted by Gasteiger charge is 2.17. The first kappa shape index (κ1) is 23.4. The molecule has 0 saturated carbocycles. The minimum atomic E-state index is -3.63. The molecule has 1 saturated heterocycles. The number of benzene rings is 2. The smallest absolute Gasteiger partial charge is 0.303 e. The number of sulfonamides is 1. The molecule has 172 valence electrons. The van der Waals surface area contributed by atoms with Crippen molar-refractivity contribution in [1.82, 2.24) is 14.2 Å². The van der Waals surface area contributed by atoms with E-state index in [2.05, 4.69) is 9.62 Å². The number of nitrogens with one attached hydrogen (secondary N) is 1. The lowest BCUT2D eigenvalue weighted by atomic mass is 10.2. The predicted molar refractivity (Wildman–Crippen MR) is 131 cm³/mol. The number of nitrogens with zero attached hydrogens (tertiary/aromatic N) is 2. The highest BCUT2D eigenvalue weighted by atomic mass is 35.5. The van der Waals surface area contributed by atoms with Crippen molar-refractivity contribution in [3.63, 3.8) is 0 Å². The molecule has 4 rings (SSSR count). The van der Waals surface area contributed by atoms with Crippen molar-refractivity contribution >= 4 is 43.2 Å². The van der Waals surface area contributed by atoms with Gasteiger partial charge < -0.3 is 4.90 Å². The Bertz CT molecular complexity index is 1230. The molecule has 1 aliphatic heterocycles. The van der Waals surface area contributed by atoms with Crippen molar-refractivity contribution in [2.75, 3.05) is 26.2 Å². The van der Waals surface area contributed by atoms with Crippen LogP contribution in [0, 0.1) is 0 Å². The summed E-state index contributed by atoms with van der Waals surface area (Å²) in [5, 5.41) is 0.599. The van der Waals surface area contributed by atoms with Gasteiger partial charge in [0.05, 0.1) is 21.7 Å². The first-order valence-corrected chi connectivity index (χ1v) is 13.7. The molecule has 1 aliphatic rings. The van der Waals surface area contributed by atoms with Crippen LogP contribution in [0.2, 0.25) is 5.02 Å². The molecule has 2 aromatic carbocycles. The van der Waals surface area contributed by atoms with Gasteiger partial charge in [-0.15, -0.1) is 0 Å². The van der Waals surface area contributed by atoms with Crippen LogP contribution in [-0.2, 0) is 16.6 Å². The average molecular weight is 494 g/mol. The van der Waals surface area contributed by atoms with Crippen molar-refractivity contribution in [3.8, 4) is 0 Å². The molecule has 1 aromatic heterocycles. The van der Waals surface area contributed by atoms with Gasteiger partial charge in [-0.25, -0.2) is 13.1 Å². The zero-order valence-corrected chi connectivity index (χ0v) is 20.3. The molecular formula is C23H28ClN3O3S2. The van der Waals surface area contributed by atoms with Crippen LogP contribution < -0.4 is 9.60 Å². The van der Waals surface area contributed by atoms with Crippen molar-refractivity contribution < 1.29 is 8.42 Å². The maximum Gasteiger partial charge on any atom is 0.308 e. The van der Waals surface area contributed by atoms with Gasteiger partial charge in [-0.2, -0.15) is 0 Å².